The van der Waals surface area contributed by atoms with Gasteiger partial charge < -0.3 is 66.5 Å². The summed E-state index contributed by atoms with van der Waals surface area (Å²) in [6, 6.07) is 21.9. The van der Waals surface area contributed by atoms with Gasteiger partial charge in [-0.05, 0) is 131 Å². The van der Waals surface area contributed by atoms with Crippen LogP contribution >= 0.6 is 0 Å². The second kappa shape index (κ2) is 58.3. The van der Waals surface area contributed by atoms with E-state index in [1.807, 2.05) is 124 Å². The van der Waals surface area contributed by atoms with Crippen molar-refractivity contribution in [3.63, 3.8) is 0 Å². The third-order valence-electron chi connectivity index (χ3n) is 10.2. The molecule has 14 nitrogen and oxygen atoms in total. The minimum absolute atomic E-state index is 0. The van der Waals surface area contributed by atoms with E-state index in [0.29, 0.717) is 0 Å². The first-order valence-electron chi connectivity index (χ1n) is 27.3. The molecule has 0 unspecified atom stereocenters. The predicted molar refractivity (Wildman–Crippen MR) is 392 cm³/mol. The van der Waals surface area contributed by atoms with E-state index < -0.39 is 24.2 Å². The first-order chi connectivity index (χ1) is 36.7. The molecule has 1 saturated heterocycles. The van der Waals surface area contributed by atoms with Crippen molar-refractivity contribution in [2.45, 2.75) is 141 Å². The molecule has 21 heteroatoms. The summed E-state index contributed by atoms with van der Waals surface area (Å²) in [5.41, 5.74) is 15.9. The van der Waals surface area contributed by atoms with Crippen LogP contribution in [0.2, 0.25) is 58.9 Å². The normalized spacial score (nSPS) is 12.4. The van der Waals surface area contributed by atoms with Crippen LogP contribution in [-0.2, 0) is 72.0 Å². The van der Waals surface area contributed by atoms with Crippen molar-refractivity contribution in [3.05, 3.63) is 169 Å². The van der Waals surface area contributed by atoms with Crippen molar-refractivity contribution in [3.8, 4) is 0 Å². The predicted octanol–water partition coefficient (Wildman–Crippen LogP) is 16.5. The van der Waals surface area contributed by atoms with Crippen molar-refractivity contribution in [2.24, 2.45) is 40.1 Å². The first kappa shape index (κ1) is 109. The Kier molecular flexibility index (Phi) is 72.1. The fraction of sp³-hybridized carbons (Fsp3) is 0.463. The van der Waals surface area contributed by atoms with Crippen LogP contribution in [0.25, 0.3) is 0 Å². The molecular weight excluding hydrogens is 1320 g/mol. The first-order valence-corrected chi connectivity index (χ1v) is 38.4. The van der Waals surface area contributed by atoms with Crippen LogP contribution in [0.3, 0.4) is 0 Å². The molecule has 0 aromatic carbocycles. The van der Waals surface area contributed by atoms with Crippen LogP contribution in [0, 0.1) is 56.8 Å². The van der Waals surface area contributed by atoms with Crippen LogP contribution in [0.1, 0.15) is 128 Å². The van der Waals surface area contributed by atoms with E-state index in [1.54, 1.807) is 35.2 Å². The van der Waals surface area contributed by atoms with Gasteiger partial charge in [0.1, 0.15) is 12.8 Å². The number of aromatic nitrogens is 4. The van der Waals surface area contributed by atoms with Gasteiger partial charge in [0.2, 0.25) is 0 Å². The van der Waals surface area contributed by atoms with Gasteiger partial charge in [-0.1, -0.05) is 82.3 Å². The zero-order valence-electron chi connectivity index (χ0n) is 60.3. The summed E-state index contributed by atoms with van der Waals surface area (Å²) in [5, 5.41) is 3.84. The summed E-state index contributed by atoms with van der Waals surface area (Å²) >= 11 is 0. The zero-order valence-corrected chi connectivity index (χ0v) is 67.4. The molecule has 88 heavy (non-hydrogen) atoms. The maximum Gasteiger partial charge on any atom is 2.00 e. The Morgan fingerprint density at radius 3 is 0.830 bits per heavy atom. The van der Waals surface area contributed by atoms with Crippen molar-refractivity contribution < 1.29 is 72.0 Å². The molecule has 0 atom stereocenters. The summed E-state index contributed by atoms with van der Waals surface area (Å²) < 4.78 is 0. The van der Waals surface area contributed by atoms with Crippen molar-refractivity contribution in [1.82, 2.24) is 19.9 Å². The van der Waals surface area contributed by atoms with E-state index in [2.05, 4.69) is 156 Å². The third kappa shape index (κ3) is 54.0. The second-order valence-corrected chi connectivity index (χ2v) is 37.6. The molecule has 0 N–H and O–H groups in total. The summed E-state index contributed by atoms with van der Waals surface area (Å²) in [7, 11) is 7.83. The van der Waals surface area contributed by atoms with Gasteiger partial charge >= 0.3 is 67.1 Å². The zero-order chi connectivity index (χ0) is 61.1. The molecule has 1 aliphatic rings. The molecule has 1 aliphatic heterocycles. The number of rotatable bonds is 12. The average molecular weight is 1440 g/mol. The van der Waals surface area contributed by atoms with E-state index in [-0.39, 0.29) is 104 Å². The molecule has 4 aromatic rings. The Balaban J connectivity index is -0.0000000899. The van der Waals surface area contributed by atoms with Crippen LogP contribution < -0.4 is 4.90 Å². The summed E-state index contributed by atoms with van der Waals surface area (Å²) in [6.07, 6.45) is 2.55. The molecule has 0 aliphatic carbocycles. The second-order valence-electron chi connectivity index (χ2n) is 22.2. The molecular formula is C67H119Co4N13OSi3. The molecule has 0 amide bonds. The standard InChI is InChI=1S/C15H22N4.C13H19N3.C11H15N3O.C11H15N3.3C4H11Si.5CH3.4Co/c1-11(16-3)14-9-13(19-7-5-6-8-19)10-15(18-14)12(2)17-4;1-5-14-10(3)12-8-7-9-13(16-12)11(4)15-6-2;1-8(12-3)10-6-5-7-11(13-10)9(2)14-15-4;1-8(12-3)10-6-5-7-11(14-10)9(2)13-4;3*1-5(2,3)4;;;;;;;;;/h9-10H,5-8H2,1-4H3;7-9H,5-6H2,1-4H3;5-7H,1-4H3;5-7H,1-4H3;3*1H2,2-4H3;5*1H3;;;;/q;;;;8*-1;4*+2. The Bertz CT molecular complexity index is 2530. The van der Waals surface area contributed by atoms with E-state index in [0.717, 1.165) is 117 Å². The van der Waals surface area contributed by atoms with Gasteiger partial charge in [0, 0.05) is 67.1 Å². The number of aliphatic imine (C=N–C) groups is 7. The van der Waals surface area contributed by atoms with E-state index >= 15 is 0 Å². The van der Waals surface area contributed by atoms with Gasteiger partial charge in [-0.15, -0.1) is 24.2 Å². The number of nitrogens with zero attached hydrogens (tertiary/aromatic N) is 13. The molecule has 0 bridgehead atoms. The van der Waals surface area contributed by atoms with Gasteiger partial charge in [-0.25, -0.2) is 19.9 Å². The van der Waals surface area contributed by atoms with Gasteiger partial charge in [-0.2, -0.15) is 0 Å². The number of hydrogen-bond donors (Lipinski definition) is 0. The van der Waals surface area contributed by atoms with E-state index in [9.17, 15) is 0 Å². The fourth-order valence-electron chi connectivity index (χ4n) is 5.95. The Morgan fingerprint density at radius 2 is 0.614 bits per heavy atom. The summed E-state index contributed by atoms with van der Waals surface area (Å²) in [6.45, 7) is 55.2. The number of anilines is 1. The van der Waals surface area contributed by atoms with Crippen LogP contribution in [0.5, 0.6) is 0 Å². The fourth-order valence-corrected chi connectivity index (χ4v) is 5.95. The number of pyridine rings is 4. The smallest absolute Gasteiger partial charge is 0.399 e. The minimum Gasteiger partial charge on any atom is -0.399 e. The molecule has 1 fully saturated rings. The average Bonchev–Trinajstić information content (AvgIpc) is 3.95. The Hall–Kier alpha value is -3.76. The molecule has 506 valence electrons. The molecule has 0 saturated carbocycles. The van der Waals surface area contributed by atoms with Crippen molar-refractivity contribution in [2.75, 3.05) is 73.4 Å². The third-order valence-corrected chi connectivity index (χ3v) is 10.2. The summed E-state index contributed by atoms with van der Waals surface area (Å²) in [4.78, 5) is 54.7. The van der Waals surface area contributed by atoms with E-state index in [1.165, 1.54) is 25.6 Å². The van der Waals surface area contributed by atoms with E-state index in [4.69, 9.17) is 4.84 Å². The molecule has 4 radical (unpaired) electrons. The van der Waals surface area contributed by atoms with Gasteiger partial charge in [-0.3, -0.25) is 34.9 Å². The minimum atomic E-state index is -0.861. The Labute approximate surface area is 586 Å². The largest absolute Gasteiger partial charge is 2.00 e. The van der Waals surface area contributed by atoms with Crippen LogP contribution in [0.4, 0.5) is 5.69 Å². The van der Waals surface area contributed by atoms with Crippen LogP contribution in [0.15, 0.2) is 107 Å². The maximum absolute atomic E-state index is 4.70. The van der Waals surface area contributed by atoms with Crippen molar-refractivity contribution in [1.29, 1.82) is 0 Å². The SMILES string of the molecule is CCN=C(C)c1cccc(C(C)=NCC)n1.CN=C(C)c1cc(N2CCCC2)cc(C(C)=NC)n1.CN=C(C)c1cccc(C(C)=NC)n1.CN=C(C)c1cccc(C(C)=NOC)n1.[CH2-][Si](C)(C)C.[CH2-][Si](C)(C)C.[CH2-][Si](C)(C)C.[CH3-].[CH3-].[CH3-].[CH3-].[CH3-].[Co+2].[Co+2].[Co+2].[Co+2]. The quantitative estimate of drug-likeness (QED) is 0.0593. The topological polar surface area (TPSA) is 163 Å². The molecule has 5 rings (SSSR count). The van der Waals surface area contributed by atoms with Crippen molar-refractivity contribution >= 4 is 75.6 Å². The summed E-state index contributed by atoms with van der Waals surface area (Å²) in [5.74, 6) is 0. The van der Waals surface area contributed by atoms with Gasteiger partial charge in [0.05, 0.1) is 85.5 Å². The number of oxime groups is 1. The van der Waals surface area contributed by atoms with Gasteiger partial charge in [0.15, 0.2) is 0 Å². The molecule has 5 heterocycles. The number of hydrogen-bond acceptors (Lipinski definition) is 14. The maximum atomic E-state index is 4.70. The van der Waals surface area contributed by atoms with Gasteiger partial charge in [0.25, 0.3) is 0 Å². The van der Waals surface area contributed by atoms with Crippen LogP contribution in [-0.4, -0.2) is 158 Å². The monoisotopic (exact) mass is 1440 g/mol. The molecule has 0 spiro atoms. The Morgan fingerprint density at radius 1 is 0.409 bits per heavy atom. The molecule has 4 aromatic heterocycles.